The average Bonchev–Trinajstić information content (AvgIpc) is 2.70. The summed E-state index contributed by atoms with van der Waals surface area (Å²) in [4.78, 5) is 6.71. The summed E-state index contributed by atoms with van der Waals surface area (Å²) in [6.07, 6.45) is 1.12. The molecule has 0 radical (unpaired) electrons. The first-order chi connectivity index (χ1) is 7.84. The molecule has 1 aliphatic heterocycles. The van der Waals surface area contributed by atoms with Crippen LogP contribution in [-0.2, 0) is 6.54 Å². The number of para-hydroxylation sites is 1. The second-order valence-corrected chi connectivity index (χ2v) is 4.02. The molecule has 0 unspecified atom stereocenters. The number of anilines is 2. The number of hydrogen-bond acceptors (Lipinski definition) is 3. The van der Waals surface area contributed by atoms with Crippen LogP contribution < -0.4 is 4.90 Å². The van der Waals surface area contributed by atoms with E-state index in [4.69, 9.17) is 0 Å². The number of hydrogen-bond donors (Lipinski definition) is 0. The Kier molecular flexibility index (Phi) is 2.13. The molecule has 0 N–H and O–H groups in total. The molecular formula is C12H14N4. The molecule has 2 aromatic rings. The van der Waals surface area contributed by atoms with Gasteiger partial charge in [-0.25, -0.2) is 4.68 Å². The van der Waals surface area contributed by atoms with Gasteiger partial charge >= 0.3 is 0 Å². The third kappa shape index (κ3) is 1.46. The normalized spacial score (nSPS) is 14.9. The van der Waals surface area contributed by atoms with Gasteiger partial charge in [-0.1, -0.05) is 18.2 Å². The van der Waals surface area contributed by atoms with Crippen LogP contribution in [-0.4, -0.2) is 21.3 Å². The monoisotopic (exact) mass is 214 g/mol. The van der Waals surface area contributed by atoms with Gasteiger partial charge in [0.2, 0.25) is 5.95 Å². The van der Waals surface area contributed by atoms with Crippen LogP contribution in [0.25, 0.3) is 0 Å². The lowest BCUT2D eigenvalue weighted by Crippen LogP contribution is -2.28. The van der Waals surface area contributed by atoms with Gasteiger partial charge < -0.3 is 4.90 Å². The van der Waals surface area contributed by atoms with Crippen LogP contribution in [0.4, 0.5) is 11.6 Å². The topological polar surface area (TPSA) is 34.0 Å². The van der Waals surface area contributed by atoms with Crippen molar-refractivity contribution >= 4 is 11.6 Å². The van der Waals surface area contributed by atoms with Gasteiger partial charge in [0, 0.05) is 18.8 Å². The summed E-state index contributed by atoms with van der Waals surface area (Å²) in [6.45, 7) is 3.93. The molecule has 2 heterocycles. The molecule has 0 bridgehead atoms. The zero-order chi connectivity index (χ0) is 11.0. The number of nitrogens with zero attached hydrogens (tertiary/aromatic N) is 4. The van der Waals surface area contributed by atoms with E-state index >= 15 is 0 Å². The number of aryl methyl sites for hydroxylation is 2. The van der Waals surface area contributed by atoms with Gasteiger partial charge in [-0.2, -0.15) is 10.1 Å². The minimum atomic E-state index is 0.845. The molecule has 0 amide bonds. The predicted molar refractivity (Wildman–Crippen MR) is 62.8 cm³/mol. The van der Waals surface area contributed by atoms with E-state index in [1.807, 2.05) is 17.7 Å². The number of rotatable bonds is 1. The van der Waals surface area contributed by atoms with Crippen molar-refractivity contribution in [2.45, 2.75) is 19.9 Å². The lowest BCUT2D eigenvalue weighted by atomic mass is 10.2. The van der Waals surface area contributed by atoms with E-state index in [1.54, 1.807) is 0 Å². The van der Waals surface area contributed by atoms with Gasteiger partial charge in [-0.15, -0.1) is 0 Å². The van der Waals surface area contributed by atoms with E-state index in [0.29, 0.717) is 0 Å². The molecule has 0 atom stereocenters. The zero-order valence-corrected chi connectivity index (χ0v) is 9.30. The fourth-order valence-electron chi connectivity index (χ4n) is 2.13. The highest BCUT2D eigenvalue weighted by atomic mass is 15.5. The molecule has 4 nitrogen and oxygen atoms in total. The van der Waals surface area contributed by atoms with Gasteiger partial charge in [-0.05, 0) is 25.5 Å². The van der Waals surface area contributed by atoms with Crippen molar-refractivity contribution in [3.8, 4) is 0 Å². The SMILES string of the molecule is Cc1nc2n(n1)CCCN2c1ccccc1. The molecule has 82 valence electrons. The van der Waals surface area contributed by atoms with E-state index < -0.39 is 0 Å². The first-order valence-corrected chi connectivity index (χ1v) is 5.58. The van der Waals surface area contributed by atoms with Crippen molar-refractivity contribution in [1.29, 1.82) is 0 Å². The Morgan fingerprint density at radius 2 is 1.94 bits per heavy atom. The zero-order valence-electron chi connectivity index (χ0n) is 9.30. The summed E-state index contributed by atoms with van der Waals surface area (Å²) < 4.78 is 1.99. The average molecular weight is 214 g/mol. The lowest BCUT2D eigenvalue weighted by Gasteiger charge is -2.27. The Morgan fingerprint density at radius 1 is 1.12 bits per heavy atom. The maximum Gasteiger partial charge on any atom is 0.228 e. The fraction of sp³-hybridized carbons (Fsp3) is 0.333. The molecule has 0 saturated carbocycles. The quantitative estimate of drug-likeness (QED) is 0.729. The van der Waals surface area contributed by atoms with Gasteiger partial charge in [0.1, 0.15) is 5.82 Å². The van der Waals surface area contributed by atoms with E-state index in [-0.39, 0.29) is 0 Å². The molecule has 1 aromatic carbocycles. The summed E-state index contributed by atoms with van der Waals surface area (Å²) in [5.74, 6) is 1.81. The predicted octanol–water partition coefficient (Wildman–Crippen LogP) is 2.13. The van der Waals surface area contributed by atoms with Gasteiger partial charge in [0.15, 0.2) is 0 Å². The molecule has 1 aliphatic rings. The van der Waals surface area contributed by atoms with Crippen LogP contribution in [0.15, 0.2) is 30.3 Å². The number of benzene rings is 1. The lowest BCUT2D eigenvalue weighted by molar-refractivity contribution is 0.537. The van der Waals surface area contributed by atoms with Crippen LogP contribution >= 0.6 is 0 Å². The van der Waals surface area contributed by atoms with Gasteiger partial charge in [0.05, 0.1) is 0 Å². The first-order valence-electron chi connectivity index (χ1n) is 5.58. The minimum Gasteiger partial charge on any atom is -0.311 e. The highest BCUT2D eigenvalue weighted by Crippen LogP contribution is 2.26. The Hall–Kier alpha value is -1.84. The molecule has 3 rings (SSSR count). The summed E-state index contributed by atoms with van der Waals surface area (Å²) in [6, 6.07) is 10.4. The standard InChI is InChI=1S/C12H14N4/c1-10-13-12-15(8-5-9-16(12)14-10)11-6-3-2-4-7-11/h2-4,6-7H,5,8-9H2,1H3. The van der Waals surface area contributed by atoms with Crippen molar-refractivity contribution in [2.75, 3.05) is 11.4 Å². The van der Waals surface area contributed by atoms with Crippen molar-refractivity contribution in [1.82, 2.24) is 14.8 Å². The molecule has 0 spiro atoms. The highest BCUT2D eigenvalue weighted by Gasteiger charge is 2.20. The third-order valence-corrected chi connectivity index (χ3v) is 2.82. The Morgan fingerprint density at radius 3 is 2.75 bits per heavy atom. The largest absolute Gasteiger partial charge is 0.311 e. The first kappa shape index (κ1) is 9.39. The van der Waals surface area contributed by atoms with Crippen LogP contribution in [0.2, 0.25) is 0 Å². The smallest absolute Gasteiger partial charge is 0.228 e. The molecule has 4 heteroatoms. The van der Waals surface area contributed by atoms with Crippen molar-refractivity contribution in [3.63, 3.8) is 0 Å². The second-order valence-electron chi connectivity index (χ2n) is 4.02. The minimum absolute atomic E-state index is 0.845. The fourth-order valence-corrected chi connectivity index (χ4v) is 2.13. The van der Waals surface area contributed by atoms with E-state index in [0.717, 1.165) is 31.3 Å². The van der Waals surface area contributed by atoms with Gasteiger partial charge in [-0.3, -0.25) is 0 Å². The second kappa shape index (κ2) is 3.63. The van der Waals surface area contributed by atoms with Crippen LogP contribution in [0, 0.1) is 6.92 Å². The highest BCUT2D eigenvalue weighted by molar-refractivity contribution is 5.57. The number of aromatic nitrogens is 3. The summed E-state index contributed by atoms with van der Waals surface area (Å²) in [5, 5.41) is 4.39. The number of fused-ring (bicyclic) bond motifs is 1. The maximum atomic E-state index is 4.49. The Balaban J connectivity index is 2.05. The van der Waals surface area contributed by atoms with E-state index in [9.17, 15) is 0 Å². The maximum absolute atomic E-state index is 4.49. The molecule has 0 aliphatic carbocycles. The van der Waals surface area contributed by atoms with Crippen molar-refractivity contribution in [2.24, 2.45) is 0 Å². The molecular weight excluding hydrogens is 200 g/mol. The van der Waals surface area contributed by atoms with Crippen molar-refractivity contribution < 1.29 is 0 Å². The van der Waals surface area contributed by atoms with Crippen LogP contribution in [0.3, 0.4) is 0 Å². The summed E-state index contributed by atoms with van der Waals surface area (Å²) in [5.41, 5.74) is 1.19. The Bertz CT molecular complexity index is 489. The Labute approximate surface area is 94.5 Å². The molecule has 16 heavy (non-hydrogen) atoms. The van der Waals surface area contributed by atoms with Gasteiger partial charge in [0.25, 0.3) is 0 Å². The molecule has 0 fully saturated rings. The van der Waals surface area contributed by atoms with Crippen molar-refractivity contribution in [3.05, 3.63) is 36.2 Å². The van der Waals surface area contributed by atoms with Crippen LogP contribution in [0.1, 0.15) is 12.2 Å². The summed E-state index contributed by atoms with van der Waals surface area (Å²) in [7, 11) is 0. The van der Waals surface area contributed by atoms with Crippen LogP contribution in [0.5, 0.6) is 0 Å². The molecule has 0 saturated heterocycles. The third-order valence-electron chi connectivity index (χ3n) is 2.82. The molecule has 1 aromatic heterocycles. The van der Waals surface area contributed by atoms with E-state index in [1.165, 1.54) is 5.69 Å². The summed E-state index contributed by atoms with van der Waals surface area (Å²) >= 11 is 0. The van der Waals surface area contributed by atoms with E-state index in [2.05, 4.69) is 39.2 Å².